The summed E-state index contributed by atoms with van der Waals surface area (Å²) in [6.45, 7) is 1.51. The summed E-state index contributed by atoms with van der Waals surface area (Å²) in [7, 11) is 0. The van der Waals surface area contributed by atoms with Crippen LogP contribution in [0, 0.1) is 11.8 Å². The molecule has 2 aromatic rings. The van der Waals surface area contributed by atoms with Gasteiger partial charge in [-0.2, -0.15) is 0 Å². The number of Topliss-reactive ketones (excluding diaryl/α,β-unsaturated/α-hetero) is 2. The zero-order chi connectivity index (χ0) is 30.5. The van der Waals surface area contributed by atoms with E-state index in [1.54, 1.807) is 37.3 Å². The van der Waals surface area contributed by atoms with Crippen molar-refractivity contribution in [2.24, 2.45) is 17.6 Å². The first-order valence-corrected chi connectivity index (χ1v) is 13.3. The summed E-state index contributed by atoms with van der Waals surface area (Å²) in [5, 5.41) is 46.6. The van der Waals surface area contributed by atoms with Crippen LogP contribution in [0.2, 0.25) is 0 Å². The van der Waals surface area contributed by atoms with Gasteiger partial charge in [0.2, 0.25) is 5.78 Å². The number of nitrogens with one attached hydrogen (secondary N) is 1. The van der Waals surface area contributed by atoms with Gasteiger partial charge in [0.25, 0.3) is 11.8 Å². The molecule has 0 bridgehead atoms. The third-order valence-corrected chi connectivity index (χ3v) is 8.08. The van der Waals surface area contributed by atoms with E-state index in [9.17, 15) is 44.4 Å². The van der Waals surface area contributed by atoms with E-state index < -0.39 is 70.3 Å². The second-order valence-electron chi connectivity index (χ2n) is 10.5. The predicted octanol–water partition coefficient (Wildman–Crippen LogP) is 1.38. The van der Waals surface area contributed by atoms with E-state index in [-0.39, 0.29) is 48.4 Å². The molecule has 1 saturated carbocycles. The number of phenols is 1. The van der Waals surface area contributed by atoms with Crippen molar-refractivity contribution in [3.63, 3.8) is 0 Å². The molecule has 0 saturated heterocycles. The number of ether oxygens (including phenoxy) is 1. The molecule has 218 valence electrons. The molecule has 5 rings (SSSR count). The maximum absolute atomic E-state index is 13.7. The Labute approximate surface area is 239 Å². The first kappa shape index (κ1) is 28.6. The Morgan fingerprint density at radius 3 is 2.52 bits per heavy atom. The molecule has 2 aromatic carbocycles. The van der Waals surface area contributed by atoms with Gasteiger partial charge >= 0.3 is 5.97 Å². The first-order valence-electron chi connectivity index (χ1n) is 13.3. The molecule has 2 amide bonds. The Morgan fingerprint density at radius 1 is 1.10 bits per heavy atom. The number of ketones is 2. The van der Waals surface area contributed by atoms with Gasteiger partial charge in [0.15, 0.2) is 11.4 Å². The van der Waals surface area contributed by atoms with Crippen LogP contribution in [0.3, 0.4) is 0 Å². The highest BCUT2D eigenvalue weighted by atomic mass is 16.5. The Morgan fingerprint density at radius 2 is 1.83 bits per heavy atom. The number of phenolic OH excluding ortho intramolecular Hbond substituents is 1. The molecule has 0 radical (unpaired) electrons. The van der Waals surface area contributed by atoms with Crippen LogP contribution < -0.4 is 11.1 Å². The van der Waals surface area contributed by atoms with Crippen LogP contribution in [-0.2, 0) is 30.3 Å². The summed E-state index contributed by atoms with van der Waals surface area (Å²) >= 11 is 0. The van der Waals surface area contributed by atoms with Crippen LogP contribution >= 0.6 is 0 Å². The largest absolute Gasteiger partial charge is 0.508 e. The van der Waals surface area contributed by atoms with Gasteiger partial charge in [-0.05, 0) is 60.6 Å². The average molecular weight is 577 g/mol. The lowest BCUT2D eigenvalue weighted by Gasteiger charge is -2.46. The summed E-state index contributed by atoms with van der Waals surface area (Å²) in [5.74, 6) is -8.16. The maximum atomic E-state index is 13.7. The minimum atomic E-state index is -2.64. The molecule has 1 unspecified atom stereocenters. The number of aromatic hydroxyl groups is 1. The average Bonchev–Trinajstić information content (AvgIpc) is 2.94. The summed E-state index contributed by atoms with van der Waals surface area (Å²) in [6.07, 6.45) is -0.316. The highest BCUT2D eigenvalue weighted by Gasteiger charge is 2.60. The number of aliphatic hydroxyl groups is 3. The summed E-state index contributed by atoms with van der Waals surface area (Å²) in [4.78, 5) is 62.4. The van der Waals surface area contributed by atoms with Gasteiger partial charge in [0.05, 0.1) is 12.2 Å². The Balaban J connectivity index is 1.56. The number of esters is 1. The molecule has 12 heteroatoms. The molecule has 0 spiro atoms. The number of carbonyl (C=O) groups is 5. The van der Waals surface area contributed by atoms with E-state index in [1.165, 1.54) is 6.07 Å². The standard InChI is InChI=1S/C30H28N2O10/c1-2-42-21(35)12-32-29(40)14-5-3-4-13(8-14)17-6-7-19(33)23-18(17)10-15-9-16-11-20(34)24(28(31)39)27(38)30(16,41)26(37)22(15)25(23)36/h3-8,15-16,33,36,38,41H,2,9-12H2,1H3,(H2,31,39)(H,32,40)/t15?,16-,30-/m0/s1. The normalized spacial score (nSPS) is 23.1. The molecule has 3 aliphatic rings. The van der Waals surface area contributed by atoms with Crippen LogP contribution in [0.5, 0.6) is 5.75 Å². The lowest BCUT2D eigenvalue weighted by molar-refractivity contribution is -0.147. The molecule has 12 nitrogen and oxygen atoms in total. The number of benzene rings is 2. The topological polar surface area (TPSA) is 214 Å². The van der Waals surface area contributed by atoms with Crippen LogP contribution in [0.15, 0.2) is 53.3 Å². The summed E-state index contributed by atoms with van der Waals surface area (Å²) in [5.41, 5.74) is 3.20. The molecular formula is C30H28N2O10. The van der Waals surface area contributed by atoms with Gasteiger partial charge in [-0.25, -0.2) is 0 Å². The molecule has 0 heterocycles. The Kier molecular flexibility index (Phi) is 7.11. The van der Waals surface area contributed by atoms with Crippen LogP contribution in [-0.4, -0.2) is 68.5 Å². The van der Waals surface area contributed by atoms with Gasteiger partial charge in [0, 0.05) is 23.5 Å². The minimum absolute atomic E-state index is 0.00564. The minimum Gasteiger partial charge on any atom is -0.508 e. The van der Waals surface area contributed by atoms with E-state index in [0.29, 0.717) is 16.7 Å². The fraction of sp³-hybridized carbons (Fsp3) is 0.300. The molecule has 3 atom stereocenters. The lowest BCUT2D eigenvalue weighted by Crippen LogP contribution is -2.58. The number of aliphatic hydroxyl groups excluding tert-OH is 2. The second kappa shape index (κ2) is 10.5. The number of carbonyl (C=O) groups excluding carboxylic acids is 5. The Bertz CT molecular complexity index is 1640. The van der Waals surface area contributed by atoms with Gasteiger partial charge in [-0.3, -0.25) is 24.0 Å². The number of primary amides is 1. The van der Waals surface area contributed by atoms with E-state index in [2.05, 4.69) is 5.32 Å². The van der Waals surface area contributed by atoms with Gasteiger partial charge in [-0.15, -0.1) is 0 Å². The van der Waals surface area contributed by atoms with Crippen molar-refractivity contribution >= 4 is 35.1 Å². The smallest absolute Gasteiger partial charge is 0.325 e. The monoisotopic (exact) mass is 576 g/mol. The summed E-state index contributed by atoms with van der Waals surface area (Å²) in [6, 6.07) is 9.37. The zero-order valence-corrected chi connectivity index (χ0v) is 22.5. The number of rotatable bonds is 6. The highest BCUT2D eigenvalue weighted by Crippen LogP contribution is 2.53. The molecule has 3 aliphatic carbocycles. The van der Waals surface area contributed by atoms with Crippen molar-refractivity contribution in [3.8, 4) is 16.9 Å². The van der Waals surface area contributed by atoms with Crippen LogP contribution in [0.25, 0.3) is 16.9 Å². The number of hydrogen-bond donors (Lipinski definition) is 6. The van der Waals surface area contributed by atoms with E-state index in [4.69, 9.17) is 10.5 Å². The quantitative estimate of drug-likeness (QED) is 0.215. The first-order chi connectivity index (χ1) is 19.9. The highest BCUT2D eigenvalue weighted by molar-refractivity contribution is 6.22. The number of fused-ring (bicyclic) bond motifs is 3. The molecule has 0 aliphatic heterocycles. The van der Waals surface area contributed by atoms with Crippen molar-refractivity contribution in [2.75, 3.05) is 13.2 Å². The molecule has 42 heavy (non-hydrogen) atoms. The number of amides is 2. The molecule has 1 fully saturated rings. The van der Waals surface area contributed by atoms with Crippen molar-refractivity contribution in [1.29, 1.82) is 0 Å². The van der Waals surface area contributed by atoms with E-state index in [0.717, 1.165) is 0 Å². The molecule has 0 aromatic heterocycles. The maximum Gasteiger partial charge on any atom is 0.325 e. The lowest BCUT2D eigenvalue weighted by atomic mass is 9.59. The zero-order valence-electron chi connectivity index (χ0n) is 22.5. The summed E-state index contributed by atoms with van der Waals surface area (Å²) < 4.78 is 4.82. The van der Waals surface area contributed by atoms with E-state index >= 15 is 0 Å². The Hall–Kier alpha value is -4.97. The third kappa shape index (κ3) is 4.40. The third-order valence-electron chi connectivity index (χ3n) is 8.08. The number of hydrogen-bond acceptors (Lipinski definition) is 10. The molecule has 7 N–H and O–H groups in total. The fourth-order valence-electron chi connectivity index (χ4n) is 6.19. The van der Waals surface area contributed by atoms with Crippen molar-refractivity contribution in [2.45, 2.75) is 31.8 Å². The van der Waals surface area contributed by atoms with Crippen LogP contribution in [0.4, 0.5) is 0 Å². The van der Waals surface area contributed by atoms with Crippen LogP contribution in [0.1, 0.15) is 41.3 Å². The van der Waals surface area contributed by atoms with Gasteiger partial charge in [-0.1, -0.05) is 18.2 Å². The van der Waals surface area contributed by atoms with Gasteiger partial charge < -0.3 is 36.2 Å². The fourth-order valence-corrected chi connectivity index (χ4v) is 6.19. The molecular weight excluding hydrogens is 548 g/mol. The number of nitrogens with two attached hydrogens (primary N) is 1. The van der Waals surface area contributed by atoms with Crippen molar-refractivity contribution < 1.29 is 49.1 Å². The predicted molar refractivity (Wildman–Crippen MR) is 146 cm³/mol. The van der Waals surface area contributed by atoms with Gasteiger partial charge in [0.1, 0.15) is 29.4 Å². The van der Waals surface area contributed by atoms with Crippen molar-refractivity contribution in [3.05, 3.63) is 70.0 Å². The van der Waals surface area contributed by atoms with Crippen molar-refractivity contribution in [1.82, 2.24) is 5.32 Å². The SMILES string of the molecule is CCOC(=O)CNC(=O)c1cccc(-c2ccc(O)c3c2CC2C[C@H]4CC(=O)C(C(N)=O)=C(O)[C@@]4(O)C(=O)C2=C3O)c1. The second-order valence-corrected chi connectivity index (χ2v) is 10.5. The van der Waals surface area contributed by atoms with E-state index in [1.807, 2.05) is 0 Å².